The van der Waals surface area contributed by atoms with Crippen molar-refractivity contribution in [3.05, 3.63) is 57.8 Å². The van der Waals surface area contributed by atoms with Crippen molar-refractivity contribution in [2.24, 2.45) is 0 Å². The minimum atomic E-state index is 0.388. The van der Waals surface area contributed by atoms with Gasteiger partial charge in [0.1, 0.15) is 0 Å². The van der Waals surface area contributed by atoms with E-state index in [0.717, 1.165) is 0 Å². The Morgan fingerprint density at radius 2 is 1.81 bits per heavy atom. The fourth-order valence-electron chi connectivity index (χ4n) is 2.75. The number of rotatable bonds is 8. The number of aryl methyl sites for hydroxylation is 1. The zero-order valence-corrected chi connectivity index (χ0v) is 14.2. The minimum absolute atomic E-state index is 0.388. The van der Waals surface area contributed by atoms with E-state index in [0.29, 0.717) is 12.1 Å². The van der Waals surface area contributed by atoms with Gasteiger partial charge in [-0.05, 0) is 42.3 Å². The molecule has 0 aliphatic heterocycles. The molecule has 0 saturated carbocycles. The maximum Gasteiger partial charge on any atom is 0.0419 e. The van der Waals surface area contributed by atoms with Crippen LogP contribution in [-0.4, -0.2) is 0 Å². The molecule has 0 aliphatic rings. The standard InChI is InChI=1S/C19H27NS/c1-4-7-16-10-12-17(13-11-16)15(3)20-18(8-5-2)19-9-6-14-21-19/h6,9-15,18,20H,4-5,7-8H2,1-3H3. The molecule has 0 radical (unpaired) electrons. The summed E-state index contributed by atoms with van der Waals surface area (Å²) < 4.78 is 0. The highest BCUT2D eigenvalue weighted by Crippen LogP contribution is 2.26. The van der Waals surface area contributed by atoms with Gasteiger partial charge >= 0.3 is 0 Å². The second kappa shape index (κ2) is 8.35. The molecule has 0 saturated heterocycles. The van der Waals surface area contributed by atoms with Gasteiger partial charge in [0.15, 0.2) is 0 Å². The van der Waals surface area contributed by atoms with Crippen LogP contribution in [0.3, 0.4) is 0 Å². The summed E-state index contributed by atoms with van der Waals surface area (Å²) >= 11 is 1.85. The summed E-state index contributed by atoms with van der Waals surface area (Å²) in [7, 11) is 0. The van der Waals surface area contributed by atoms with E-state index in [4.69, 9.17) is 0 Å². The second-order valence-electron chi connectivity index (χ2n) is 5.74. The average Bonchev–Trinajstić information content (AvgIpc) is 3.02. The zero-order chi connectivity index (χ0) is 15.1. The molecule has 2 heteroatoms. The quantitative estimate of drug-likeness (QED) is 0.640. The predicted molar refractivity (Wildman–Crippen MR) is 94.0 cm³/mol. The van der Waals surface area contributed by atoms with Gasteiger partial charge in [-0.1, -0.05) is 57.0 Å². The summed E-state index contributed by atoms with van der Waals surface area (Å²) in [5.74, 6) is 0. The van der Waals surface area contributed by atoms with Crippen molar-refractivity contribution in [3.63, 3.8) is 0 Å². The summed E-state index contributed by atoms with van der Waals surface area (Å²) in [6, 6.07) is 14.4. The molecular weight excluding hydrogens is 274 g/mol. The number of thiophene rings is 1. The molecule has 21 heavy (non-hydrogen) atoms. The topological polar surface area (TPSA) is 12.0 Å². The van der Waals surface area contributed by atoms with Crippen LogP contribution in [0.1, 0.15) is 68.1 Å². The molecule has 0 bridgehead atoms. The summed E-state index contributed by atoms with van der Waals surface area (Å²) in [5, 5.41) is 5.97. The van der Waals surface area contributed by atoms with Crippen LogP contribution in [0, 0.1) is 0 Å². The lowest BCUT2D eigenvalue weighted by Crippen LogP contribution is -2.24. The first kappa shape index (κ1) is 16.3. The first-order valence-electron chi connectivity index (χ1n) is 8.12. The number of hydrogen-bond donors (Lipinski definition) is 1. The third-order valence-corrected chi connectivity index (χ3v) is 4.92. The number of hydrogen-bond acceptors (Lipinski definition) is 2. The van der Waals surface area contributed by atoms with Crippen molar-refractivity contribution in [1.82, 2.24) is 5.32 Å². The van der Waals surface area contributed by atoms with Gasteiger partial charge in [0.25, 0.3) is 0 Å². The molecule has 1 aromatic carbocycles. The van der Waals surface area contributed by atoms with E-state index in [-0.39, 0.29) is 0 Å². The van der Waals surface area contributed by atoms with Crippen molar-refractivity contribution in [2.75, 3.05) is 0 Å². The summed E-state index contributed by atoms with van der Waals surface area (Å²) in [4.78, 5) is 1.45. The predicted octanol–water partition coefficient (Wildman–Crippen LogP) is 5.89. The largest absolute Gasteiger partial charge is 0.303 e. The highest BCUT2D eigenvalue weighted by atomic mass is 32.1. The van der Waals surface area contributed by atoms with Crippen LogP contribution in [0.2, 0.25) is 0 Å². The zero-order valence-electron chi connectivity index (χ0n) is 13.4. The van der Waals surface area contributed by atoms with Gasteiger partial charge in [-0.25, -0.2) is 0 Å². The monoisotopic (exact) mass is 301 g/mol. The molecule has 2 aromatic rings. The van der Waals surface area contributed by atoms with E-state index in [1.165, 1.54) is 41.7 Å². The van der Waals surface area contributed by atoms with Crippen molar-refractivity contribution in [2.45, 2.75) is 58.5 Å². The Kier molecular flexibility index (Phi) is 6.47. The third kappa shape index (κ3) is 4.69. The van der Waals surface area contributed by atoms with Gasteiger partial charge < -0.3 is 5.32 Å². The van der Waals surface area contributed by atoms with Crippen LogP contribution in [0.4, 0.5) is 0 Å². The Labute approximate surface area is 133 Å². The van der Waals surface area contributed by atoms with Crippen molar-refractivity contribution < 1.29 is 0 Å². The van der Waals surface area contributed by atoms with Crippen LogP contribution in [0.25, 0.3) is 0 Å². The van der Waals surface area contributed by atoms with Gasteiger partial charge in [0, 0.05) is 17.0 Å². The van der Waals surface area contributed by atoms with Gasteiger partial charge in [0.05, 0.1) is 0 Å². The molecule has 114 valence electrons. The fraction of sp³-hybridized carbons (Fsp3) is 0.474. The van der Waals surface area contributed by atoms with Crippen LogP contribution in [0.15, 0.2) is 41.8 Å². The Morgan fingerprint density at radius 3 is 2.38 bits per heavy atom. The van der Waals surface area contributed by atoms with Crippen LogP contribution >= 0.6 is 11.3 Å². The highest BCUT2D eigenvalue weighted by Gasteiger charge is 2.15. The minimum Gasteiger partial charge on any atom is -0.303 e. The highest BCUT2D eigenvalue weighted by molar-refractivity contribution is 7.10. The van der Waals surface area contributed by atoms with E-state index in [1.54, 1.807) is 0 Å². The Bertz CT molecular complexity index is 501. The van der Waals surface area contributed by atoms with Crippen molar-refractivity contribution in [1.29, 1.82) is 0 Å². The van der Waals surface area contributed by atoms with Crippen LogP contribution in [-0.2, 0) is 6.42 Å². The molecule has 2 rings (SSSR count). The molecule has 0 fully saturated rings. The van der Waals surface area contributed by atoms with E-state index >= 15 is 0 Å². The van der Waals surface area contributed by atoms with Gasteiger partial charge in [-0.3, -0.25) is 0 Å². The van der Waals surface area contributed by atoms with E-state index in [1.807, 2.05) is 11.3 Å². The molecule has 0 amide bonds. The van der Waals surface area contributed by atoms with E-state index in [2.05, 4.69) is 67.9 Å². The lowest BCUT2D eigenvalue weighted by Gasteiger charge is -2.23. The van der Waals surface area contributed by atoms with Gasteiger partial charge in [-0.2, -0.15) is 0 Å². The van der Waals surface area contributed by atoms with E-state index in [9.17, 15) is 0 Å². The molecular formula is C19H27NS. The summed E-state index contributed by atoms with van der Waals surface area (Å²) in [5.41, 5.74) is 2.82. The summed E-state index contributed by atoms with van der Waals surface area (Å²) in [6.07, 6.45) is 4.79. The normalized spacial score (nSPS) is 14.0. The molecule has 1 aromatic heterocycles. The molecule has 1 nitrogen and oxygen atoms in total. The van der Waals surface area contributed by atoms with Crippen molar-refractivity contribution >= 4 is 11.3 Å². The molecule has 2 atom stereocenters. The number of benzene rings is 1. The molecule has 0 spiro atoms. The smallest absolute Gasteiger partial charge is 0.0419 e. The maximum absolute atomic E-state index is 3.80. The Balaban J connectivity index is 2.02. The molecule has 1 N–H and O–H groups in total. The lowest BCUT2D eigenvalue weighted by atomic mass is 10.0. The lowest BCUT2D eigenvalue weighted by molar-refractivity contribution is 0.445. The maximum atomic E-state index is 3.80. The second-order valence-corrected chi connectivity index (χ2v) is 6.72. The molecule has 1 heterocycles. The average molecular weight is 301 g/mol. The van der Waals surface area contributed by atoms with Crippen molar-refractivity contribution in [3.8, 4) is 0 Å². The third-order valence-electron chi connectivity index (χ3n) is 3.93. The Morgan fingerprint density at radius 1 is 1.05 bits per heavy atom. The number of nitrogens with one attached hydrogen (secondary N) is 1. The van der Waals surface area contributed by atoms with Crippen LogP contribution in [0.5, 0.6) is 0 Å². The van der Waals surface area contributed by atoms with E-state index < -0.39 is 0 Å². The van der Waals surface area contributed by atoms with Crippen LogP contribution < -0.4 is 5.32 Å². The van der Waals surface area contributed by atoms with Gasteiger partial charge in [-0.15, -0.1) is 11.3 Å². The molecule has 2 unspecified atom stereocenters. The Hall–Kier alpha value is -1.12. The fourth-order valence-corrected chi connectivity index (χ4v) is 3.57. The van der Waals surface area contributed by atoms with Gasteiger partial charge in [0.2, 0.25) is 0 Å². The summed E-state index contributed by atoms with van der Waals surface area (Å²) in [6.45, 7) is 6.76. The first-order chi connectivity index (χ1) is 10.2. The SMILES string of the molecule is CCCc1ccc(C(C)NC(CCC)c2cccs2)cc1. The first-order valence-corrected chi connectivity index (χ1v) is 9.00. The molecule has 0 aliphatic carbocycles.